The summed E-state index contributed by atoms with van der Waals surface area (Å²) in [6.07, 6.45) is 38.4. The normalized spacial score (nSPS) is 56.0. The number of fused-ring (bicyclic) bond motifs is 7. The van der Waals surface area contributed by atoms with Gasteiger partial charge in [-0.05, 0) is 271 Å². The van der Waals surface area contributed by atoms with Gasteiger partial charge in [-0.1, -0.05) is 115 Å². The molecule has 9 saturated carbocycles. The molecule has 0 radical (unpaired) electrons. The molecule has 9 aliphatic carbocycles. The third kappa shape index (κ3) is 10.7. The van der Waals surface area contributed by atoms with E-state index in [1.165, 1.54) is 154 Å². The van der Waals surface area contributed by atoms with Crippen LogP contribution in [0.1, 0.15) is 208 Å². The molecule has 0 aromatic heterocycles. The summed E-state index contributed by atoms with van der Waals surface area (Å²) in [5.74, 6) is 19.1. The monoisotopic (exact) mass is 1200 g/mol. The lowest BCUT2D eigenvalue weighted by Gasteiger charge is -2.60. The molecular weight excluding hydrogens is 1090 g/mol. The van der Waals surface area contributed by atoms with Crippen LogP contribution in [0.25, 0.3) is 0 Å². The molecule has 14 heteroatoms. The summed E-state index contributed by atoms with van der Waals surface area (Å²) < 4.78 is 14.4. The largest absolute Gasteiger partial charge is 0.293 e. The summed E-state index contributed by atoms with van der Waals surface area (Å²) >= 11 is 8.02. The molecule has 15 aliphatic rings. The van der Waals surface area contributed by atoms with Crippen LogP contribution in [-0.2, 0) is 0 Å². The summed E-state index contributed by atoms with van der Waals surface area (Å²) in [6, 6.07) is 4.83. The van der Waals surface area contributed by atoms with E-state index < -0.39 is 0 Å². The van der Waals surface area contributed by atoms with Gasteiger partial charge in [-0.2, -0.15) is 0 Å². The van der Waals surface area contributed by atoms with E-state index >= 15 is 0 Å². The summed E-state index contributed by atoms with van der Waals surface area (Å²) in [5.41, 5.74) is 0. The highest BCUT2D eigenvalue weighted by molar-refractivity contribution is 7.98. The van der Waals surface area contributed by atoms with Gasteiger partial charge in [-0.3, -0.25) is 31.1 Å². The quantitative estimate of drug-likeness (QED) is 0.0996. The Labute approximate surface area is 517 Å². The van der Waals surface area contributed by atoms with Crippen LogP contribution in [-0.4, -0.2) is 94.2 Å². The molecule has 15 rings (SSSR count). The van der Waals surface area contributed by atoms with Crippen molar-refractivity contribution in [3.8, 4) is 0 Å². The highest BCUT2D eigenvalue weighted by Crippen LogP contribution is 2.66. The van der Waals surface area contributed by atoms with Crippen LogP contribution in [0, 0.1) is 130 Å². The average Bonchev–Trinajstić information content (AvgIpc) is 3.38. The zero-order valence-electron chi connectivity index (χ0n) is 52.2. The van der Waals surface area contributed by atoms with Crippen LogP contribution in [0.5, 0.6) is 0 Å². The first kappa shape index (κ1) is 59.3. The standard InChI is InChI=1S/C68H118N10S4/c1-37-57(43-15-23-47(24-16-43)65-69-33-73-79-65)39(3)63(40(4)58(37)44-17-25-48(26-18-44)66-70-34-74-80-66)77-53-13-9-7-11-51(53)61-55(77)31-32-56-62(61)52-12-8-10-14-54(52)78(56)64-41(5)59(45-19-27-49(28-20-45)67-71-35-75-81-67)38(2)60(42(64)6)46-21-29-50(30-22-46)68-72-36-76-82-68/h37-76H,7-36H2,1-6H3. The Morgan fingerprint density at radius 2 is 0.512 bits per heavy atom. The molecule has 10 nitrogen and oxygen atoms in total. The van der Waals surface area contributed by atoms with Crippen LogP contribution in [0.15, 0.2) is 0 Å². The highest BCUT2D eigenvalue weighted by Gasteiger charge is 2.67. The third-order valence-corrected chi connectivity index (χ3v) is 33.8. The maximum Gasteiger partial charge on any atom is 0.0717 e. The van der Waals surface area contributed by atoms with Gasteiger partial charge in [0, 0.05) is 36.3 Å². The van der Waals surface area contributed by atoms with Crippen LogP contribution in [0.4, 0.5) is 0 Å². The SMILES string of the molecule is CC1C(C2CCC(C3NCNS3)CC2)C(C)C(N2C3CCCCC3C3C4C5CCCCC5N(C5C(C)C(C6CCC(C7NCNS7)CC6)C(C)C(C6CCC(C7NCNS7)CC6)C5C)C4CCC32)C(C)C1C1CCC(C2NCNS2)CC1. The van der Waals surface area contributed by atoms with Crippen molar-refractivity contribution >= 4 is 47.8 Å². The van der Waals surface area contributed by atoms with Crippen LogP contribution >= 0.6 is 47.8 Å². The molecule has 20 unspecified atom stereocenters. The minimum Gasteiger partial charge on any atom is -0.293 e. The fourth-order valence-electron chi connectivity index (χ4n) is 26.8. The van der Waals surface area contributed by atoms with E-state index in [2.05, 4.69) is 91.5 Å². The zero-order valence-corrected chi connectivity index (χ0v) is 55.5. The molecule has 464 valence electrons. The van der Waals surface area contributed by atoms with E-state index in [-0.39, 0.29) is 0 Å². The molecule has 82 heavy (non-hydrogen) atoms. The Balaban J connectivity index is 0.740. The maximum atomic E-state index is 3.85. The summed E-state index contributed by atoms with van der Waals surface area (Å²) in [6.45, 7) is 21.3. The van der Waals surface area contributed by atoms with E-state index in [0.29, 0.717) is 21.5 Å². The van der Waals surface area contributed by atoms with Crippen molar-refractivity contribution in [3.63, 3.8) is 0 Å². The predicted octanol–water partition coefficient (Wildman–Crippen LogP) is 13.3. The Bertz CT molecular complexity index is 1830. The number of hydrogen-bond donors (Lipinski definition) is 8. The molecule has 0 aromatic rings. The molecular formula is C68H118N10S4. The molecule has 6 heterocycles. The topological polar surface area (TPSA) is 103 Å². The Kier molecular flexibility index (Phi) is 18.5. The van der Waals surface area contributed by atoms with E-state index in [9.17, 15) is 0 Å². The van der Waals surface area contributed by atoms with Gasteiger partial charge in [0.2, 0.25) is 0 Å². The van der Waals surface area contributed by atoms with Gasteiger partial charge >= 0.3 is 0 Å². The lowest BCUT2D eigenvalue weighted by Crippen LogP contribution is -2.63. The van der Waals surface area contributed by atoms with Crippen molar-refractivity contribution in [2.45, 2.75) is 266 Å². The number of nitrogens with zero attached hydrogens (tertiary/aromatic N) is 2. The third-order valence-electron chi connectivity index (χ3n) is 29.4. The minimum atomic E-state index is 0.620. The summed E-state index contributed by atoms with van der Waals surface area (Å²) in [5, 5.41) is 17.9. The van der Waals surface area contributed by atoms with Crippen LogP contribution in [0.2, 0.25) is 0 Å². The van der Waals surface area contributed by atoms with Crippen molar-refractivity contribution in [1.29, 1.82) is 0 Å². The fourth-order valence-corrected chi connectivity index (χ4v) is 30.7. The van der Waals surface area contributed by atoms with E-state index in [1.807, 2.05) is 47.8 Å². The number of hydrogen-bond acceptors (Lipinski definition) is 14. The molecule has 6 saturated heterocycles. The van der Waals surface area contributed by atoms with Gasteiger partial charge in [-0.15, -0.1) is 0 Å². The first-order valence-electron chi connectivity index (χ1n) is 36.2. The number of nitrogens with one attached hydrogen (secondary N) is 8. The molecule has 0 spiro atoms. The van der Waals surface area contributed by atoms with E-state index in [0.717, 1.165) is 193 Å². The highest BCUT2D eigenvalue weighted by atomic mass is 32.2. The van der Waals surface area contributed by atoms with Crippen molar-refractivity contribution in [1.82, 2.24) is 50.0 Å². The van der Waals surface area contributed by atoms with E-state index in [1.54, 1.807) is 12.8 Å². The average molecular weight is 1200 g/mol. The molecule has 0 amide bonds. The van der Waals surface area contributed by atoms with Crippen molar-refractivity contribution in [2.75, 3.05) is 26.7 Å². The molecule has 20 atom stereocenters. The minimum absolute atomic E-state index is 0.620. The van der Waals surface area contributed by atoms with Gasteiger partial charge in [0.05, 0.1) is 48.2 Å². The first-order valence-corrected chi connectivity index (χ1v) is 39.8. The second kappa shape index (κ2) is 25.6. The predicted molar refractivity (Wildman–Crippen MR) is 347 cm³/mol. The molecule has 8 N–H and O–H groups in total. The van der Waals surface area contributed by atoms with Crippen LogP contribution in [0.3, 0.4) is 0 Å². The van der Waals surface area contributed by atoms with E-state index in [4.69, 9.17) is 0 Å². The number of rotatable bonds is 10. The maximum absolute atomic E-state index is 3.85. The smallest absolute Gasteiger partial charge is 0.0717 e. The van der Waals surface area contributed by atoms with Gasteiger partial charge in [0.1, 0.15) is 0 Å². The van der Waals surface area contributed by atoms with Gasteiger partial charge in [0.15, 0.2) is 0 Å². The fraction of sp³-hybridized carbons (Fsp3) is 1.00. The molecule has 15 fully saturated rings. The van der Waals surface area contributed by atoms with Crippen molar-refractivity contribution in [2.24, 2.45) is 130 Å². The lowest BCUT2D eigenvalue weighted by atomic mass is 9.51. The second-order valence-corrected chi connectivity index (χ2v) is 36.3. The van der Waals surface area contributed by atoms with Crippen molar-refractivity contribution in [3.05, 3.63) is 0 Å². The van der Waals surface area contributed by atoms with Gasteiger partial charge in [0.25, 0.3) is 0 Å². The molecule has 0 aromatic carbocycles. The second-order valence-electron chi connectivity index (χ2n) is 32.2. The summed E-state index contributed by atoms with van der Waals surface area (Å²) in [4.78, 5) is 7.16. The summed E-state index contributed by atoms with van der Waals surface area (Å²) in [7, 11) is 0. The van der Waals surface area contributed by atoms with Gasteiger partial charge < -0.3 is 0 Å². The zero-order chi connectivity index (χ0) is 55.3. The van der Waals surface area contributed by atoms with Crippen molar-refractivity contribution < 1.29 is 0 Å². The number of likely N-dealkylation sites (tertiary alicyclic amines) is 2. The Morgan fingerprint density at radius 1 is 0.256 bits per heavy atom. The molecule has 0 bridgehead atoms. The molecule has 6 aliphatic heterocycles. The Morgan fingerprint density at radius 3 is 0.768 bits per heavy atom. The first-order chi connectivity index (χ1) is 40.2. The van der Waals surface area contributed by atoms with Crippen LogP contribution < -0.4 is 40.2 Å². The Hall–Kier alpha value is 1.000. The van der Waals surface area contributed by atoms with Gasteiger partial charge in [-0.25, -0.2) is 18.9 Å². The lowest BCUT2D eigenvalue weighted by molar-refractivity contribution is -0.114.